The predicted molar refractivity (Wildman–Crippen MR) is 83.9 cm³/mol. The fourth-order valence-electron chi connectivity index (χ4n) is 2.03. The van der Waals surface area contributed by atoms with Gasteiger partial charge in [0.25, 0.3) is 0 Å². The van der Waals surface area contributed by atoms with Gasteiger partial charge in [-0.1, -0.05) is 0 Å². The van der Waals surface area contributed by atoms with E-state index in [4.69, 9.17) is 9.47 Å². The van der Waals surface area contributed by atoms with E-state index in [1.807, 2.05) is 41.9 Å². The molecule has 0 radical (unpaired) electrons. The van der Waals surface area contributed by atoms with Crippen molar-refractivity contribution in [3.8, 4) is 33.3 Å². The molecule has 0 bridgehead atoms. The highest BCUT2D eigenvalue weighted by atomic mass is 32.1. The van der Waals surface area contributed by atoms with Gasteiger partial charge in [-0.15, -0.1) is 11.3 Å². The van der Waals surface area contributed by atoms with Crippen LogP contribution in [0.25, 0.3) is 21.8 Å². The van der Waals surface area contributed by atoms with E-state index in [0.29, 0.717) is 0 Å². The lowest BCUT2D eigenvalue weighted by Crippen LogP contribution is -1.90. The Kier molecular flexibility index (Phi) is 3.83. The smallest absolute Gasteiger partial charge is 0.131 e. The molecule has 5 heteroatoms. The van der Waals surface area contributed by atoms with Crippen LogP contribution < -0.4 is 9.47 Å². The highest BCUT2D eigenvalue weighted by Crippen LogP contribution is 2.35. The fraction of sp³-hybridized carbons (Fsp3) is 0.125. The summed E-state index contributed by atoms with van der Waals surface area (Å²) in [6, 6.07) is 9.63. The van der Waals surface area contributed by atoms with Crippen molar-refractivity contribution in [1.82, 2.24) is 9.97 Å². The van der Waals surface area contributed by atoms with Crippen LogP contribution in [-0.4, -0.2) is 24.2 Å². The van der Waals surface area contributed by atoms with Crippen LogP contribution in [-0.2, 0) is 0 Å². The van der Waals surface area contributed by atoms with Crippen LogP contribution in [0.2, 0.25) is 0 Å². The van der Waals surface area contributed by atoms with Crippen molar-refractivity contribution in [2.75, 3.05) is 14.2 Å². The number of nitrogens with zero attached hydrogens (tertiary/aromatic N) is 2. The summed E-state index contributed by atoms with van der Waals surface area (Å²) in [6.07, 6.45) is 3.57. The van der Waals surface area contributed by atoms with E-state index >= 15 is 0 Å². The molecule has 0 aliphatic carbocycles. The fourth-order valence-corrected chi connectivity index (χ4v) is 2.84. The van der Waals surface area contributed by atoms with Crippen LogP contribution in [0.4, 0.5) is 0 Å². The summed E-state index contributed by atoms with van der Waals surface area (Å²) >= 11 is 1.59. The van der Waals surface area contributed by atoms with Crippen molar-refractivity contribution in [3.05, 3.63) is 48.1 Å². The molecule has 3 aromatic rings. The Morgan fingerprint density at radius 2 is 2.00 bits per heavy atom. The molecule has 2 heterocycles. The molecule has 0 atom stereocenters. The molecule has 0 fully saturated rings. The van der Waals surface area contributed by atoms with E-state index in [1.54, 1.807) is 31.8 Å². The maximum atomic E-state index is 5.43. The standard InChI is InChI=1S/C16H14N2O2S/c1-19-12-5-6-13(15(8-12)20-2)14-10-21-16(18-14)11-4-3-7-17-9-11/h3-10H,1-2H3. The lowest BCUT2D eigenvalue weighted by molar-refractivity contribution is 0.395. The molecule has 0 saturated heterocycles. The average Bonchev–Trinajstić information content (AvgIpc) is 3.04. The van der Waals surface area contributed by atoms with Crippen LogP contribution in [0.5, 0.6) is 11.5 Å². The number of rotatable bonds is 4. The molecule has 2 aromatic heterocycles. The Morgan fingerprint density at radius 3 is 2.71 bits per heavy atom. The van der Waals surface area contributed by atoms with Gasteiger partial charge in [-0.2, -0.15) is 0 Å². The molecular weight excluding hydrogens is 284 g/mol. The van der Waals surface area contributed by atoms with Crippen molar-refractivity contribution < 1.29 is 9.47 Å². The van der Waals surface area contributed by atoms with Crippen LogP contribution in [0.3, 0.4) is 0 Å². The molecule has 0 spiro atoms. The first-order chi connectivity index (χ1) is 10.3. The highest BCUT2D eigenvalue weighted by Gasteiger charge is 2.12. The van der Waals surface area contributed by atoms with Crippen LogP contribution in [0.15, 0.2) is 48.1 Å². The summed E-state index contributed by atoms with van der Waals surface area (Å²) in [5.74, 6) is 1.51. The normalized spacial score (nSPS) is 10.4. The van der Waals surface area contributed by atoms with Crippen molar-refractivity contribution in [3.63, 3.8) is 0 Å². The first-order valence-corrected chi connectivity index (χ1v) is 7.28. The Morgan fingerprint density at radius 1 is 1.10 bits per heavy atom. The van der Waals surface area contributed by atoms with Gasteiger partial charge in [0.05, 0.1) is 19.9 Å². The van der Waals surface area contributed by atoms with Crippen molar-refractivity contribution in [2.45, 2.75) is 0 Å². The molecule has 0 saturated carbocycles. The van der Waals surface area contributed by atoms with E-state index in [2.05, 4.69) is 9.97 Å². The largest absolute Gasteiger partial charge is 0.497 e. The van der Waals surface area contributed by atoms with E-state index in [9.17, 15) is 0 Å². The summed E-state index contributed by atoms with van der Waals surface area (Å²) in [7, 11) is 3.28. The van der Waals surface area contributed by atoms with Crippen LogP contribution in [0.1, 0.15) is 0 Å². The first-order valence-electron chi connectivity index (χ1n) is 6.40. The van der Waals surface area contributed by atoms with Crippen molar-refractivity contribution in [2.24, 2.45) is 0 Å². The van der Waals surface area contributed by atoms with Gasteiger partial charge in [-0.25, -0.2) is 4.98 Å². The molecule has 0 amide bonds. The minimum absolute atomic E-state index is 0.748. The number of hydrogen-bond acceptors (Lipinski definition) is 5. The number of methoxy groups -OCH3 is 2. The van der Waals surface area contributed by atoms with Gasteiger partial charge in [0.15, 0.2) is 0 Å². The molecule has 21 heavy (non-hydrogen) atoms. The minimum Gasteiger partial charge on any atom is -0.497 e. The molecule has 0 aliphatic rings. The number of thiazole rings is 1. The highest BCUT2D eigenvalue weighted by molar-refractivity contribution is 7.13. The molecule has 0 aliphatic heterocycles. The van der Waals surface area contributed by atoms with Gasteiger partial charge < -0.3 is 9.47 Å². The molecular formula is C16H14N2O2S. The molecule has 4 nitrogen and oxygen atoms in total. The topological polar surface area (TPSA) is 44.2 Å². The van der Waals surface area contributed by atoms with Gasteiger partial charge in [0, 0.05) is 35.0 Å². The second kappa shape index (κ2) is 5.93. The third-order valence-electron chi connectivity index (χ3n) is 3.10. The predicted octanol–water partition coefficient (Wildman–Crippen LogP) is 3.89. The Labute approximate surface area is 127 Å². The average molecular weight is 298 g/mol. The van der Waals surface area contributed by atoms with Gasteiger partial charge in [-0.3, -0.25) is 4.98 Å². The van der Waals surface area contributed by atoms with Crippen LogP contribution >= 0.6 is 11.3 Å². The number of benzene rings is 1. The first kappa shape index (κ1) is 13.6. The molecule has 1 aromatic carbocycles. The zero-order chi connectivity index (χ0) is 14.7. The Hall–Kier alpha value is -2.40. The molecule has 0 unspecified atom stereocenters. The van der Waals surface area contributed by atoms with Gasteiger partial charge in [0.2, 0.25) is 0 Å². The summed E-state index contributed by atoms with van der Waals surface area (Å²) < 4.78 is 10.6. The summed E-state index contributed by atoms with van der Waals surface area (Å²) in [4.78, 5) is 8.80. The summed E-state index contributed by atoms with van der Waals surface area (Å²) in [5.41, 5.74) is 2.85. The Bertz CT molecular complexity index is 741. The van der Waals surface area contributed by atoms with E-state index in [-0.39, 0.29) is 0 Å². The third-order valence-corrected chi connectivity index (χ3v) is 3.99. The van der Waals surface area contributed by atoms with E-state index < -0.39 is 0 Å². The van der Waals surface area contributed by atoms with E-state index in [1.165, 1.54) is 0 Å². The minimum atomic E-state index is 0.748. The van der Waals surface area contributed by atoms with Crippen LogP contribution in [0, 0.1) is 0 Å². The monoisotopic (exact) mass is 298 g/mol. The van der Waals surface area contributed by atoms with Gasteiger partial charge in [-0.05, 0) is 24.3 Å². The SMILES string of the molecule is COc1ccc(-c2csc(-c3cccnc3)n2)c(OC)c1. The summed E-state index contributed by atoms with van der Waals surface area (Å²) in [6.45, 7) is 0. The second-order valence-electron chi connectivity index (χ2n) is 4.35. The third kappa shape index (κ3) is 2.73. The van der Waals surface area contributed by atoms with E-state index in [0.717, 1.165) is 33.3 Å². The lowest BCUT2D eigenvalue weighted by atomic mass is 10.1. The van der Waals surface area contributed by atoms with Crippen molar-refractivity contribution in [1.29, 1.82) is 0 Å². The van der Waals surface area contributed by atoms with Gasteiger partial charge >= 0.3 is 0 Å². The maximum Gasteiger partial charge on any atom is 0.131 e. The maximum absolute atomic E-state index is 5.43. The summed E-state index contributed by atoms with van der Waals surface area (Å²) in [5, 5.41) is 2.96. The number of pyridine rings is 1. The zero-order valence-corrected chi connectivity index (χ0v) is 12.6. The molecule has 3 rings (SSSR count). The zero-order valence-electron chi connectivity index (χ0n) is 11.7. The lowest BCUT2D eigenvalue weighted by Gasteiger charge is -2.08. The Balaban J connectivity index is 2.00. The quantitative estimate of drug-likeness (QED) is 0.733. The molecule has 0 N–H and O–H groups in total. The van der Waals surface area contributed by atoms with Gasteiger partial charge in [0.1, 0.15) is 16.5 Å². The second-order valence-corrected chi connectivity index (χ2v) is 5.20. The molecule has 106 valence electrons. The number of aromatic nitrogens is 2. The number of hydrogen-bond donors (Lipinski definition) is 0. The number of ether oxygens (including phenoxy) is 2. The van der Waals surface area contributed by atoms with Crippen molar-refractivity contribution >= 4 is 11.3 Å².